The molecule has 0 fully saturated rings. The van der Waals surface area contributed by atoms with Crippen LogP contribution in [0.3, 0.4) is 0 Å². The molecular weight excluding hydrogens is 350 g/mol. The second kappa shape index (κ2) is 12.0. The van der Waals surface area contributed by atoms with Crippen molar-refractivity contribution in [1.29, 1.82) is 0 Å². The summed E-state index contributed by atoms with van der Waals surface area (Å²) in [6, 6.07) is 5.99. The number of allylic oxidation sites excluding steroid dienone is 2. The maximum atomic E-state index is 10.5. The molecule has 0 aromatic heterocycles. The zero-order chi connectivity index (χ0) is 16.5. The van der Waals surface area contributed by atoms with E-state index in [9.17, 15) is 8.42 Å². The molecule has 0 aliphatic rings. The molecule has 22 heavy (non-hydrogen) atoms. The predicted molar refractivity (Wildman–Crippen MR) is 88.8 cm³/mol. The monoisotopic (exact) mass is 375 g/mol. The van der Waals surface area contributed by atoms with Gasteiger partial charge in [-0.25, -0.2) is 0 Å². The van der Waals surface area contributed by atoms with Crippen LogP contribution in [0.4, 0.5) is 0 Å². The first-order valence-electron chi connectivity index (χ1n) is 7.13. The summed E-state index contributed by atoms with van der Waals surface area (Å²) in [5, 5.41) is 0. The predicted octanol–water partition coefficient (Wildman–Crippen LogP) is 4.83. The molecule has 1 N–H and O–H groups in total. The van der Waals surface area contributed by atoms with Crippen LogP contribution in [0.15, 0.2) is 40.8 Å². The Morgan fingerprint density at radius 1 is 1.27 bits per heavy atom. The van der Waals surface area contributed by atoms with Crippen molar-refractivity contribution in [1.82, 2.24) is 0 Å². The van der Waals surface area contributed by atoms with Crippen molar-refractivity contribution < 1.29 is 32.4 Å². The molecule has 1 aromatic carbocycles. The van der Waals surface area contributed by atoms with E-state index >= 15 is 0 Å². The minimum absolute atomic E-state index is 0. The molecule has 1 rings (SSSR count). The Balaban J connectivity index is 0. The van der Waals surface area contributed by atoms with E-state index in [1.165, 1.54) is 30.5 Å². The molecule has 0 saturated heterocycles. The number of benzene rings is 1. The molecule has 0 aliphatic heterocycles. The Labute approximate surface area is 148 Å². The smallest absolute Gasteiger partial charge is 0.294 e. The first-order valence-corrected chi connectivity index (χ1v) is 8.57. The quantitative estimate of drug-likeness (QED) is 0.346. The average molecular weight is 377 g/mol. The number of rotatable bonds is 5. The molecule has 0 heterocycles. The number of hydrogen-bond donors (Lipinski definition) is 1. The van der Waals surface area contributed by atoms with Crippen molar-refractivity contribution in [3.63, 3.8) is 0 Å². The van der Waals surface area contributed by atoms with Crippen LogP contribution in [0.2, 0.25) is 0 Å². The SMILES string of the molecule is Cc1ccc(S(=O)(=O)O)cc1.[CH2-]CC(C)CCC=C(C)C.[Zn]. The summed E-state index contributed by atoms with van der Waals surface area (Å²) < 4.78 is 29.6. The van der Waals surface area contributed by atoms with Gasteiger partial charge in [-0.15, -0.1) is 0 Å². The van der Waals surface area contributed by atoms with E-state index in [4.69, 9.17) is 4.55 Å². The first kappa shape index (κ1) is 23.8. The van der Waals surface area contributed by atoms with Crippen LogP contribution in [0.5, 0.6) is 0 Å². The van der Waals surface area contributed by atoms with Crippen LogP contribution < -0.4 is 0 Å². The minimum Gasteiger partial charge on any atom is -0.343 e. The maximum absolute atomic E-state index is 10.5. The van der Waals surface area contributed by atoms with Crippen LogP contribution in [-0.2, 0) is 29.6 Å². The van der Waals surface area contributed by atoms with E-state index in [-0.39, 0.29) is 24.4 Å². The molecule has 0 saturated carbocycles. The van der Waals surface area contributed by atoms with Crippen LogP contribution in [0, 0.1) is 19.8 Å². The summed E-state index contributed by atoms with van der Waals surface area (Å²) in [6.07, 6.45) is 5.87. The Kier molecular flexibility index (Phi) is 12.9. The molecule has 0 amide bonds. The molecule has 0 aliphatic carbocycles. The van der Waals surface area contributed by atoms with Crippen LogP contribution >= 0.6 is 0 Å². The number of aryl methyl sites for hydroxylation is 1. The summed E-state index contributed by atoms with van der Waals surface area (Å²) >= 11 is 0. The zero-order valence-corrected chi connectivity index (χ0v) is 18.0. The second-order valence-electron chi connectivity index (χ2n) is 5.54. The van der Waals surface area contributed by atoms with Gasteiger partial charge in [-0.05, 0) is 45.7 Å². The van der Waals surface area contributed by atoms with Crippen molar-refractivity contribution >= 4 is 10.1 Å². The Hall–Kier alpha value is -0.507. The minimum atomic E-state index is -4.02. The molecule has 0 radical (unpaired) electrons. The molecule has 1 atom stereocenters. The van der Waals surface area contributed by atoms with Crippen molar-refractivity contribution in [2.24, 2.45) is 5.92 Å². The van der Waals surface area contributed by atoms with Gasteiger partial charge in [-0.3, -0.25) is 4.55 Å². The van der Waals surface area contributed by atoms with Crippen molar-refractivity contribution in [2.45, 2.75) is 51.9 Å². The molecule has 1 aromatic rings. The van der Waals surface area contributed by atoms with E-state index in [0.29, 0.717) is 0 Å². The maximum Gasteiger partial charge on any atom is 0.294 e. The molecular formula is C17H27O3SZn-. The van der Waals surface area contributed by atoms with E-state index < -0.39 is 10.1 Å². The average Bonchev–Trinajstić information content (AvgIpc) is 2.38. The van der Waals surface area contributed by atoms with E-state index in [2.05, 4.69) is 33.8 Å². The van der Waals surface area contributed by atoms with E-state index in [0.717, 1.165) is 17.9 Å². The fourth-order valence-corrected chi connectivity index (χ4v) is 1.99. The van der Waals surface area contributed by atoms with Gasteiger partial charge in [0.25, 0.3) is 10.1 Å². The Morgan fingerprint density at radius 2 is 1.77 bits per heavy atom. The molecule has 0 spiro atoms. The first-order chi connectivity index (χ1) is 9.66. The number of hydrogen-bond acceptors (Lipinski definition) is 2. The largest absolute Gasteiger partial charge is 0.343 e. The third-order valence-corrected chi connectivity index (χ3v) is 3.89. The van der Waals surface area contributed by atoms with Gasteiger partial charge < -0.3 is 6.92 Å². The second-order valence-corrected chi connectivity index (χ2v) is 6.96. The third kappa shape index (κ3) is 12.1. The summed E-state index contributed by atoms with van der Waals surface area (Å²) in [7, 11) is -4.02. The van der Waals surface area contributed by atoms with Gasteiger partial charge in [0.05, 0.1) is 4.90 Å². The summed E-state index contributed by atoms with van der Waals surface area (Å²) in [6.45, 7) is 12.3. The third-order valence-electron chi connectivity index (χ3n) is 3.02. The normalized spacial score (nSPS) is 11.5. The molecule has 122 valence electrons. The van der Waals surface area contributed by atoms with Crippen molar-refractivity contribution in [3.8, 4) is 0 Å². The molecule has 3 nitrogen and oxygen atoms in total. The summed E-state index contributed by atoms with van der Waals surface area (Å²) in [5.74, 6) is 0.788. The zero-order valence-electron chi connectivity index (χ0n) is 14.2. The van der Waals surface area contributed by atoms with Crippen LogP contribution in [0.1, 0.15) is 45.6 Å². The molecule has 0 bridgehead atoms. The van der Waals surface area contributed by atoms with Gasteiger partial charge in [0, 0.05) is 19.5 Å². The molecule has 1 unspecified atom stereocenters. The van der Waals surface area contributed by atoms with E-state index in [1.54, 1.807) is 12.1 Å². The Morgan fingerprint density at radius 3 is 2.14 bits per heavy atom. The van der Waals surface area contributed by atoms with Gasteiger partial charge in [0.1, 0.15) is 0 Å². The van der Waals surface area contributed by atoms with Gasteiger partial charge in [0.15, 0.2) is 0 Å². The van der Waals surface area contributed by atoms with Gasteiger partial charge in [0.2, 0.25) is 0 Å². The van der Waals surface area contributed by atoms with Gasteiger partial charge >= 0.3 is 0 Å². The van der Waals surface area contributed by atoms with Crippen molar-refractivity contribution in [3.05, 3.63) is 48.4 Å². The van der Waals surface area contributed by atoms with Gasteiger partial charge in [-0.1, -0.05) is 42.2 Å². The fraction of sp³-hybridized carbons (Fsp3) is 0.471. The van der Waals surface area contributed by atoms with Crippen LogP contribution in [0.25, 0.3) is 0 Å². The van der Waals surface area contributed by atoms with Gasteiger partial charge in [-0.2, -0.15) is 14.8 Å². The summed E-state index contributed by atoms with van der Waals surface area (Å²) in [5.41, 5.74) is 2.38. The van der Waals surface area contributed by atoms with E-state index in [1.807, 2.05) is 6.92 Å². The standard InChI is InChI=1S/C10H19.C7H8O3S.Zn/c1-5-10(4)8-6-7-9(2)3;1-6-2-4-7(5-3-6)11(8,9)10;/h7,10H,1,5-6,8H2,2-4H3;2-5H,1H3,(H,8,9,10);/q-1;;. The Bertz CT molecular complexity index is 530. The summed E-state index contributed by atoms with van der Waals surface area (Å²) in [4.78, 5) is -0.0666. The van der Waals surface area contributed by atoms with Crippen LogP contribution in [-0.4, -0.2) is 13.0 Å². The molecule has 5 heteroatoms. The topological polar surface area (TPSA) is 54.4 Å². The van der Waals surface area contributed by atoms with Crippen molar-refractivity contribution in [2.75, 3.05) is 0 Å². The fourth-order valence-electron chi connectivity index (χ4n) is 1.51.